The van der Waals surface area contributed by atoms with Crippen molar-refractivity contribution in [2.24, 2.45) is 0 Å². The van der Waals surface area contributed by atoms with Crippen LogP contribution in [0.3, 0.4) is 0 Å². The summed E-state index contributed by atoms with van der Waals surface area (Å²) in [6.07, 6.45) is -1.78. The van der Waals surface area contributed by atoms with E-state index in [9.17, 15) is 19.2 Å². The Balaban J connectivity index is 4.54. The van der Waals surface area contributed by atoms with Gasteiger partial charge < -0.3 is 29.2 Å². The van der Waals surface area contributed by atoms with Crippen LogP contribution in [0.2, 0.25) is 0 Å². The van der Waals surface area contributed by atoms with E-state index in [0.29, 0.717) is 0 Å². The van der Waals surface area contributed by atoms with Crippen LogP contribution in [0.1, 0.15) is 20.3 Å². The third-order valence-electron chi connectivity index (χ3n) is 3.44. The number of carboxylic acid groups (broad SMARTS) is 2. The smallest absolute Gasteiger partial charge is 0.332 e. The molecule has 0 amide bonds. The number of carboxylic acids is 2. The number of aliphatic carboxylic acids is 2. The third kappa shape index (κ3) is 9.91. The fourth-order valence-electron chi connectivity index (χ4n) is 1.94. The molecular formula is C15H25NO10. The van der Waals surface area contributed by atoms with Crippen LogP contribution in [-0.4, -0.2) is 91.3 Å². The quantitative estimate of drug-likeness (QED) is 0.245. The number of carbonyl (C=O) groups excluding carboxylic acids is 2. The highest BCUT2D eigenvalue weighted by Gasteiger charge is 2.22. The van der Waals surface area contributed by atoms with Crippen LogP contribution < -0.4 is 0 Å². The monoisotopic (exact) mass is 379 g/mol. The maximum atomic E-state index is 11.2. The zero-order valence-corrected chi connectivity index (χ0v) is 14.7. The van der Waals surface area contributed by atoms with Crippen molar-refractivity contribution in [1.82, 2.24) is 4.90 Å². The normalized spacial score (nSPS) is 14.3. The van der Waals surface area contributed by atoms with Crippen LogP contribution in [0.4, 0.5) is 0 Å². The summed E-state index contributed by atoms with van der Waals surface area (Å²) in [6, 6.07) is -0.872. The molecule has 0 rings (SSSR count). The molecule has 0 aliphatic heterocycles. The Morgan fingerprint density at radius 2 is 1.65 bits per heavy atom. The standard InChI is InChI=1S/C15H25NO10/c1-3-12(15(21)22)24-6-4-16(11(2)14(19)20)5-7-25-13(26-10-18)8-23-9-17/h9-13H,3-8H2,1-2H3,(H,19,20)(H,21,22). The van der Waals surface area contributed by atoms with Crippen molar-refractivity contribution < 1.29 is 48.3 Å². The van der Waals surface area contributed by atoms with Gasteiger partial charge in [-0.3, -0.25) is 19.3 Å². The number of nitrogens with zero attached hydrogens (tertiary/aromatic N) is 1. The molecule has 0 aliphatic carbocycles. The molecule has 3 atom stereocenters. The first-order valence-electron chi connectivity index (χ1n) is 7.94. The van der Waals surface area contributed by atoms with Gasteiger partial charge in [0.1, 0.15) is 6.04 Å². The lowest BCUT2D eigenvalue weighted by molar-refractivity contribution is -0.180. The van der Waals surface area contributed by atoms with E-state index in [0.717, 1.165) is 0 Å². The van der Waals surface area contributed by atoms with Crippen LogP contribution >= 0.6 is 0 Å². The Bertz CT molecular complexity index is 444. The molecule has 0 heterocycles. The van der Waals surface area contributed by atoms with Crippen LogP contribution in [-0.2, 0) is 38.1 Å². The average molecular weight is 379 g/mol. The number of hydrogen-bond acceptors (Lipinski definition) is 9. The summed E-state index contributed by atoms with van der Waals surface area (Å²) in [5.74, 6) is -2.15. The van der Waals surface area contributed by atoms with Gasteiger partial charge in [0.2, 0.25) is 6.29 Å². The number of ether oxygens (including phenoxy) is 4. The van der Waals surface area contributed by atoms with Crippen molar-refractivity contribution in [2.75, 3.05) is 32.9 Å². The molecule has 0 radical (unpaired) electrons. The molecule has 11 nitrogen and oxygen atoms in total. The highest BCUT2D eigenvalue weighted by atomic mass is 16.7. The van der Waals surface area contributed by atoms with Crippen molar-refractivity contribution in [3.63, 3.8) is 0 Å². The first kappa shape index (κ1) is 23.8. The summed E-state index contributed by atoms with van der Waals surface area (Å²) in [6.45, 7) is 3.44. The van der Waals surface area contributed by atoms with Gasteiger partial charge in [-0.05, 0) is 13.3 Å². The molecule has 0 aliphatic rings. The Labute approximate surface area is 150 Å². The topological polar surface area (TPSA) is 149 Å². The van der Waals surface area contributed by atoms with Gasteiger partial charge in [0, 0.05) is 13.1 Å². The molecular weight excluding hydrogens is 354 g/mol. The van der Waals surface area contributed by atoms with E-state index < -0.39 is 30.4 Å². The molecule has 150 valence electrons. The third-order valence-corrected chi connectivity index (χ3v) is 3.44. The molecule has 0 saturated heterocycles. The maximum Gasteiger partial charge on any atom is 0.332 e. The van der Waals surface area contributed by atoms with Crippen molar-refractivity contribution in [3.05, 3.63) is 0 Å². The zero-order chi connectivity index (χ0) is 19.9. The zero-order valence-electron chi connectivity index (χ0n) is 14.7. The fraction of sp³-hybridized carbons (Fsp3) is 0.733. The van der Waals surface area contributed by atoms with E-state index in [2.05, 4.69) is 9.47 Å². The van der Waals surface area contributed by atoms with Crippen LogP contribution in [0, 0.1) is 0 Å². The van der Waals surface area contributed by atoms with Gasteiger partial charge in [-0.1, -0.05) is 6.92 Å². The molecule has 3 unspecified atom stereocenters. The van der Waals surface area contributed by atoms with E-state index in [1.165, 1.54) is 11.8 Å². The van der Waals surface area contributed by atoms with Gasteiger partial charge in [0.25, 0.3) is 12.9 Å². The minimum absolute atomic E-state index is 0.0188. The summed E-state index contributed by atoms with van der Waals surface area (Å²) >= 11 is 0. The molecule has 26 heavy (non-hydrogen) atoms. The number of rotatable bonds is 17. The van der Waals surface area contributed by atoms with E-state index >= 15 is 0 Å². The first-order chi connectivity index (χ1) is 12.4. The number of hydrogen-bond donors (Lipinski definition) is 2. The van der Waals surface area contributed by atoms with Gasteiger partial charge in [0.05, 0.1) is 13.2 Å². The molecule has 11 heteroatoms. The Kier molecular flexibility index (Phi) is 12.8. The first-order valence-corrected chi connectivity index (χ1v) is 7.94. The Morgan fingerprint density at radius 3 is 2.12 bits per heavy atom. The molecule has 0 bridgehead atoms. The van der Waals surface area contributed by atoms with Crippen molar-refractivity contribution in [2.45, 2.75) is 38.7 Å². The van der Waals surface area contributed by atoms with Crippen molar-refractivity contribution in [3.8, 4) is 0 Å². The molecule has 0 fully saturated rings. The minimum atomic E-state index is -1.10. The summed E-state index contributed by atoms with van der Waals surface area (Å²) < 4.78 is 19.5. The second-order valence-corrected chi connectivity index (χ2v) is 5.12. The predicted octanol–water partition coefficient (Wildman–Crippen LogP) is -0.670. The van der Waals surface area contributed by atoms with E-state index in [1.54, 1.807) is 6.92 Å². The minimum Gasteiger partial charge on any atom is -0.480 e. The van der Waals surface area contributed by atoms with Gasteiger partial charge >= 0.3 is 11.9 Å². The van der Waals surface area contributed by atoms with Crippen LogP contribution in [0.5, 0.6) is 0 Å². The summed E-state index contributed by atoms with van der Waals surface area (Å²) in [5.41, 5.74) is 0. The predicted molar refractivity (Wildman–Crippen MR) is 85.2 cm³/mol. The Hall–Kier alpha value is -2.24. The average Bonchev–Trinajstić information content (AvgIpc) is 2.60. The van der Waals surface area contributed by atoms with Crippen LogP contribution in [0.25, 0.3) is 0 Å². The van der Waals surface area contributed by atoms with Crippen molar-refractivity contribution >= 4 is 24.9 Å². The molecule has 0 aromatic rings. The molecule has 2 N–H and O–H groups in total. The fourth-order valence-corrected chi connectivity index (χ4v) is 1.94. The highest BCUT2D eigenvalue weighted by molar-refractivity contribution is 5.73. The summed E-state index contributed by atoms with van der Waals surface area (Å²) in [5, 5.41) is 18.1. The van der Waals surface area contributed by atoms with Gasteiger partial charge in [-0.2, -0.15) is 0 Å². The van der Waals surface area contributed by atoms with Gasteiger partial charge in [-0.15, -0.1) is 0 Å². The highest BCUT2D eigenvalue weighted by Crippen LogP contribution is 2.04. The molecule has 0 aromatic heterocycles. The lowest BCUT2D eigenvalue weighted by atomic mass is 10.2. The second-order valence-electron chi connectivity index (χ2n) is 5.12. The lowest BCUT2D eigenvalue weighted by Gasteiger charge is -2.27. The van der Waals surface area contributed by atoms with Crippen LogP contribution in [0.15, 0.2) is 0 Å². The van der Waals surface area contributed by atoms with E-state index in [1.807, 2.05) is 0 Å². The largest absolute Gasteiger partial charge is 0.480 e. The lowest BCUT2D eigenvalue weighted by Crippen LogP contribution is -2.44. The van der Waals surface area contributed by atoms with Gasteiger partial charge in [-0.25, -0.2) is 4.79 Å². The number of carbonyl (C=O) groups is 4. The van der Waals surface area contributed by atoms with E-state index in [-0.39, 0.29) is 52.3 Å². The van der Waals surface area contributed by atoms with Gasteiger partial charge in [0.15, 0.2) is 12.7 Å². The summed E-state index contributed by atoms with van der Waals surface area (Å²) in [4.78, 5) is 44.1. The SMILES string of the molecule is CCC(OCCN(CCOC(COC=O)OC=O)C(C)C(=O)O)C(=O)O. The molecule has 0 saturated carbocycles. The van der Waals surface area contributed by atoms with Crippen molar-refractivity contribution in [1.29, 1.82) is 0 Å². The Morgan fingerprint density at radius 1 is 1.04 bits per heavy atom. The summed E-state index contributed by atoms with van der Waals surface area (Å²) in [7, 11) is 0. The van der Waals surface area contributed by atoms with E-state index in [4.69, 9.17) is 19.7 Å². The molecule has 0 spiro atoms. The second kappa shape index (κ2) is 14.0. The molecule has 0 aromatic carbocycles. The maximum absolute atomic E-state index is 11.2.